The summed E-state index contributed by atoms with van der Waals surface area (Å²) in [6, 6.07) is 24.1. The standard InChI is InChI=1S/C27H23ClFN3O/c1-2-18-9-11-19(12-10-18)26-25-8-5-15-31(25)24-7-4-3-6-20(24)17-32(26)27(33)30-21-13-14-23(29)22(28)16-21/h3-16,26H,2,17H2,1H3,(H,30,33)/t26-/m1/s1. The molecule has 0 spiro atoms. The van der Waals surface area contributed by atoms with Gasteiger partial charge in [-0.2, -0.15) is 0 Å². The summed E-state index contributed by atoms with van der Waals surface area (Å²) in [5, 5.41) is 2.88. The number of fused-ring (bicyclic) bond motifs is 3. The first-order valence-corrected chi connectivity index (χ1v) is 11.3. The van der Waals surface area contributed by atoms with Crippen molar-refractivity contribution in [1.82, 2.24) is 9.47 Å². The number of anilines is 1. The number of urea groups is 1. The van der Waals surface area contributed by atoms with E-state index in [0.717, 1.165) is 28.9 Å². The van der Waals surface area contributed by atoms with Gasteiger partial charge in [0.15, 0.2) is 0 Å². The van der Waals surface area contributed by atoms with Crippen molar-refractivity contribution in [3.8, 4) is 5.69 Å². The molecular weight excluding hydrogens is 437 g/mol. The van der Waals surface area contributed by atoms with E-state index in [1.807, 2.05) is 35.4 Å². The average Bonchev–Trinajstić information content (AvgIpc) is 3.26. The van der Waals surface area contributed by atoms with Crippen molar-refractivity contribution >= 4 is 23.3 Å². The molecule has 2 heterocycles. The van der Waals surface area contributed by atoms with E-state index >= 15 is 0 Å². The number of hydrogen-bond acceptors (Lipinski definition) is 1. The van der Waals surface area contributed by atoms with E-state index in [0.29, 0.717) is 12.2 Å². The number of carbonyl (C=O) groups is 1. The van der Waals surface area contributed by atoms with Crippen LogP contribution >= 0.6 is 11.6 Å². The lowest BCUT2D eigenvalue weighted by Gasteiger charge is -2.31. The van der Waals surface area contributed by atoms with Crippen molar-refractivity contribution in [2.45, 2.75) is 25.9 Å². The maximum absolute atomic E-state index is 13.6. The fraction of sp³-hybridized carbons (Fsp3) is 0.148. The highest BCUT2D eigenvalue weighted by Gasteiger charge is 2.33. The normalized spacial score (nSPS) is 14.9. The maximum Gasteiger partial charge on any atom is 0.322 e. The second kappa shape index (κ2) is 8.75. The monoisotopic (exact) mass is 459 g/mol. The Kier molecular flexibility index (Phi) is 5.65. The Morgan fingerprint density at radius 3 is 2.61 bits per heavy atom. The van der Waals surface area contributed by atoms with E-state index in [-0.39, 0.29) is 17.1 Å². The summed E-state index contributed by atoms with van der Waals surface area (Å²) in [6.45, 7) is 2.54. The summed E-state index contributed by atoms with van der Waals surface area (Å²) < 4.78 is 15.8. The van der Waals surface area contributed by atoms with Crippen LogP contribution in [0, 0.1) is 5.82 Å². The van der Waals surface area contributed by atoms with E-state index in [9.17, 15) is 9.18 Å². The van der Waals surface area contributed by atoms with Crippen LogP contribution < -0.4 is 5.32 Å². The second-order valence-electron chi connectivity index (χ2n) is 8.12. The predicted octanol–water partition coefficient (Wildman–Crippen LogP) is 6.97. The van der Waals surface area contributed by atoms with E-state index in [4.69, 9.17) is 11.6 Å². The molecule has 5 rings (SSSR count). The molecule has 166 valence electrons. The number of aryl methyl sites for hydroxylation is 1. The Hall–Kier alpha value is -3.57. The summed E-state index contributed by atoms with van der Waals surface area (Å²) in [5.74, 6) is -0.523. The minimum absolute atomic E-state index is 0.0328. The molecule has 0 radical (unpaired) electrons. The van der Waals surface area contributed by atoms with Gasteiger partial charge in [0.2, 0.25) is 0 Å². The SMILES string of the molecule is CCc1ccc([C@@H]2c3cccn3-c3ccccc3CN2C(=O)Nc2ccc(F)c(Cl)c2)cc1. The van der Waals surface area contributed by atoms with Gasteiger partial charge in [-0.3, -0.25) is 0 Å². The number of benzene rings is 3. The Morgan fingerprint density at radius 2 is 1.85 bits per heavy atom. The summed E-state index contributed by atoms with van der Waals surface area (Å²) in [5.41, 5.74) is 5.79. The molecule has 0 aliphatic carbocycles. The first-order chi connectivity index (χ1) is 16.0. The van der Waals surface area contributed by atoms with Crippen LogP contribution in [0.2, 0.25) is 5.02 Å². The van der Waals surface area contributed by atoms with Crippen molar-refractivity contribution in [3.05, 3.63) is 118 Å². The van der Waals surface area contributed by atoms with Crippen LogP contribution in [-0.4, -0.2) is 15.5 Å². The topological polar surface area (TPSA) is 37.3 Å². The number of rotatable bonds is 3. The van der Waals surface area contributed by atoms with Crippen LogP contribution in [0.25, 0.3) is 5.69 Å². The van der Waals surface area contributed by atoms with E-state index in [1.165, 1.54) is 23.8 Å². The van der Waals surface area contributed by atoms with Crippen LogP contribution in [0.4, 0.5) is 14.9 Å². The van der Waals surface area contributed by atoms with Gasteiger partial charge < -0.3 is 14.8 Å². The smallest absolute Gasteiger partial charge is 0.318 e. The first kappa shape index (κ1) is 21.3. The molecule has 1 aliphatic rings. The van der Waals surface area contributed by atoms with Crippen LogP contribution in [0.15, 0.2) is 85.1 Å². The zero-order valence-electron chi connectivity index (χ0n) is 18.1. The van der Waals surface area contributed by atoms with Gasteiger partial charge in [0.1, 0.15) is 5.82 Å². The maximum atomic E-state index is 13.6. The average molecular weight is 460 g/mol. The predicted molar refractivity (Wildman–Crippen MR) is 129 cm³/mol. The highest BCUT2D eigenvalue weighted by molar-refractivity contribution is 6.31. The zero-order chi connectivity index (χ0) is 22.9. The molecule has 0 fully saturated rings. The van der Waals surface area contributed by atoms with E-state index in [1.54, 1.807) is 0 Å². The Bertz CT molecular complexity index is 1320. The molecular formula is C27H23ClFN3O. The molecule has 4 nitrogen and oxygen atoms in total. The van der Waals surface area contributed by atoms with Crippen molar-refractivity contribution in [3.63, 3.8) is 0 Å². The fourth-order valence-electron chi connectivity index (χ4n) is 4.39. The Morgan fingerprint density at radius 1 is 1.06 bits per heavy atom. The van der Waals surface area contributed by atoms with Gasteiger partial charge in [0.25, 0.3) is 0 Å². The number of nitrogens with one attached hydrogen (secondary N) is 1. The Balaban J connectivity index is 1.61. The zero-order valence-corrected chi connectivity index (χ0v) is 18.9. The molecule has 1 atom stereocenters. The second-order valence-corrected chi connectivity index (χ2v) is 8.52. The molecule has 4 aromatic rings. The van der Waals surface area contributed by atoms with Crippen molar-refractivity contribution in [2.24, 2.45) is 0 Å². The van der Waals surface area contributed by atoms with Crippen molar-refractivity contribution in [1.29, 1.82) is 0 Å². The summed E-state index contributed by atoms with van der Waals surface area (Å²) in [7, 11) is 0. The number of amides is 2. The molecule has 0 bridgehead atoms. The number of halogens is 2. The third-order valence-corrected chi connectivity index (χ3v) is 6.39. The molecule has 33 heavy (non-hydrogen) atoms. The molecule has 6 heteroatoms. The number of carbonyl (C=O) groups excluding carboxylic acids is 1. The molecule has 0 saturated carbocycles. The minimum Gasteiger partial charge on any atom is -0.318 e. The van der Waals surface area contributed by atoms with Gasteiger partial charge in [-0.1, -0.05) is 61.0 Å². The Labute approximate surface area is 197 Å². The molecule has 0 unspecified atom stereocenters. The van der Waals surface area contributed by atoms with Gasteiger partial charge in [0, 0.05) is 17.6 Å². The summed E-state index contributed by atoms with van der Waals surface area (Å²) in [4.78, 5) is 15.4. The molecule has 0 saturated heterocycles. The highest BCUT2D eigenvalue weighted by Crippen LogP contribution is 2.37. The molecule has 1 N–H and O–H groups in total. The molecule has 3 aromatic carbocycles. The highest BCUT2D eigenvalue weighted by atomic mass is 35.5. The third kappa shape index (κ3) is 4.00. The quantitative estimate of drug-likeness (QED) is 0.353. The van der Waals surface area contributed by atoms with Crippen LogP contribution in [-0.2, 0) is 13.0 Å². The number of hydrogen-bond donors (Lipinski definition) is 1. The van der Waals surface area contributed by atoms with Crippen molar-refractivity contribution < 1.29 is 9.18 Å². The van der Waals surface area contributed by atoms with Gasteiger partial charge in [-0.15, -0.1) is 0 Å². The lowest BCUT2D eigenvalue weighted by atomic mass is 10.00. The van der Waals surface area contributed by atoms with E-state index in [2.05, 4.69) is 53.2 Å². The fourth-order valence-corrected chi connectivity index (χ4v) is 4.58. The third-order valence-electron chi connectivity index (χ3n) is 6.10. The van der Waals surface area contributed by atoms with E-state index < -0.39 is 5.82 Å². The molecule has 1 aliphatic heterocycles. The lowest BCUT2D eigenvalue weighted by Crippen LogP contribution is -2.37. The largest absolute Gasteiger partial charge is 0.322 e. The van der Waals surface area contributed by atoms with Crippen molar-refractivity contribution in [2.75, 3.05) is 5.32 Å². The van der Waals surface area contributed by atoms with Crippen LogP contribution in [0.5, 0.6) is 0 Å². The molecule has 1 aromatic heterocycles. The van der Waals surface area contributed by atoms with Gasteiger partial charge in [0.05, 0.1) is 23.3 Å². The molecule has 2 amide bonds. The minimum atomic E-state index is -0.523. The van der Waals surface area contributed by atoms with Crippen LogP contribution in [0.1, 0.15) is 35.3 Å². The summed E-state index contributed by atoms with van der Waals surface area (Å²) >= 11 is 5.94. The first-order valence-electron chi connectivity index (χ1n) is 10.9. The number of nitrogens with zero attached hydrogens (tertiary/aromatic N) is 2. The summed E-state index contributed by atoms with van der Waals surface area (Å²) in [6.07, 6.45) is 2.98. The van der Waals surface area contributed by atoms with Gasteiger partial charge in [-0.25, -0.2) is 9.18 Å². The van der Waals surface area contributed by atoms with Gasteiger partial charge >= 0.3 is 6.03 Å². The lowest BCUT2D eigenvalue weighted by molar-refractivity contribution is 0.194. The number of aromatic nitrogens is 1. The number of para-hydroxylation sites is 1. The van der Waals surface area contributed by atoms with Crippen LogP contribution in [0.3, 0.4) is 0 Å². The van der Waals surface area contributed by atoms with Gasteiger partial charge in [-0.05, 0) is 59.5 Å².